The molecule has 2 aromatic carbocycles. The number of sulfone groups is 1. The molecular weight excluding hydrogens is 374 g/mol. The zero-order valence-corrected chi connectivity index (χ0v) is 12.6. The Kier molecular flexibility index (Phi) is 4.34. The smallest absolute Gasteiger partial charge is 0.417 e. The average molecular weight is 381 g/mol. The Bertz CT molecular complexity index is 971. The molecule has 2 rings (SSSR count). The SMILES string of the molecule is O=[N+]([O-])c1cc(S(=O)(=O)c2ccc(F)cc2C(F)(F)F)cc(O)c1O. The summed E-state index contributed by atoms with van der Waals surface area (Å²) in [6.45, 7) is 0. The van der Waals surface area contributed by atoms with Crippen molar-refractivity contribution in [3.63, 3.8) is 0 Å². The van der Waals surface area contributed by atoms with Crippen LogP contribution in [0.15, 0.2) is 40.1 Å². The van der Waals surface area contributed by atoms with Crippen LogP contribution in [0, 0.1) is 15.9 Å². The molecule has 12 heteroatoms. The molecule has 0 saturated heterocycles. The highest BCUT2D eigenvalue weighted by Crippen LogP contribution is 2.41. The molecule has 0 spiro atoms. The van der Waals surface area contributed by atoms with Gasteiger partial charge in [0.25, 0.3) is 0 Å². The van der Waals surface area contributed by atoms with Crippen LogP contribution in [0.5, 0.6) is 11.5 Å². The Balaban J connectivity index is 2.80. The molecule has 0 atom stereocenters. The molecule has 0 aromatic heterocycles. The van der Waals surface area contributed by atoms with E-state index in [-0.39, 0.29) is 12.1 Å². The van der Waals surface area contributed by atoms with E-state index in [1.165, 1.54) is 0 Å². The second-order valence-corrected chi connectivity index (χ2v) is 6.63. The van der Waals surface area contributed by atoms with Crippen molar-refractivity contribution in [2.24, 2.45) is 0 Å². The summed E-state index contributed by atoms with van der Waals surface area (Å²) in [7, 11) is -5.03. The van der Waals surface area contributed by atoms with Crippen molar-refractivity contribution >= 4 is 15.5 Å². The molecule has 0 heterocycles. The summed E-state index contributed by atoms with van der Waals surface area (Å²) in [5.41, 5.74) is -3.04. The van der Waals surface area contributed by atoms with Crippen LogP contribution >= 0.6 is 0 Å². The molecule has 0 aliphatic rings. The lowest BCUT2D eigenvalue weighted by Crippen LogP contribution is -2.14. The Morgan fingerprint density at radius 1 is 1.08 bits per heavy atom. The molecule has 0 radical (unpaired) electrons. The van der Waals surface area contributed by atoms with E-state index in [2.05, 4.69) is 0 Å². The standard InChI is InChI=1S/C13H7F4NO6S/c14-6-1-2-11(8(3-6)13(15,16)17)25(23,24)7-4-9(18(21)22)12(20)10(19)5-7/h1-5,19-20H. The number of phenolic OH excluding ortho intramolecular Hbond substituents is 2. The maximum atomic E-state index is 13.1. The van der Waals surface area contributed by atoms with Crippen molar-refractivity contribution in [3.8, 4) is 11.5 Å². The summed E-state index contributed by atoms with van der Waals surface area (Å²) in [5.74, 6) is -3.81. The summed E-state index contributed by atoms with van der Waals surface area (Å²) in [5, 5.41) is 29.5. The van der Waals surface area contributed by atoms with Gasteiger partial charge in [-0.05, 0) is 18.2 Å². The van der Waals surface area contributed by atoms with E-state index in [0.29, 0.717) is 18.2 Å². The number of halogens is 4. The molecule has 0 aliphatic heterocycles. The fraction of sp³-hybridized carbons (Fsp3) is 0.0769. The molecule has 0 unspecified atom stereocenters. The Morgan fingerprint density at radius 3 is 2.20 bits per heavy atom. The van der Waals surface area contributed by atoms with Gasteiger partial charge < -0.3 is 10.2 Å². The quantitative estimate of drug-likeness (QED) is 0.277. The van der Waals surface area contributed by atoms with Crippen molar-refractivity contribution in [2.75, 3.05) is 0 Å². The Labute approximate surface area is 136 Å². The zero-order valence-electron chi connectivity index (χ0n) is 11.8. The summed E-state index contributed by atoms with van der Waals surface area (Å²) in [6, 6.07) is 1.41. The number of alkyl halides is 3. The predicted octanol–water partition coefficient (Wildman–Crippen LogP) is 3.00. The third-order valence-corrected chi connectivity index (χ3v) is 4.88. The first-order chi connectivity index (χ1) is 11.4. The minimum Gasteiger partial charge on any atom is -0.504 e. The zero-order chi connectivity index (χ0) is 19.2. The van der Waals surface area contributed by atoms with Gasteiger partial charge in [-0.15, -0.1) is 0 Å². The van der Waals surface area contributed by atoms with E-state index in [9.17, 15) is 46.3 Å². The molecule has 0 amide bonds. The van der Waals surface area contributed by atoms with E-state index in [1.54, 1.807) is 0 Å². The molecule has 0 fully saturated rings. The Morgan fingerprint density at radius 2 is 1.68 bits per heavy atom. The normalized spacial score (nSPS) is 12.2. The van der Waals surface area contributed by atoms with Crippen molar-refractivity contribution in [1.29, 1.82) is 0 Å². The van der Waals surface area contributed by atoms with Crippen molar-refractivity contribution in [1.82, 2.24) is 0 Å². The van der Waals surface area contributed by atoms with Crippen LogP contribution in [0.1, 0.15) is 5.56 Å². The fourth-order valence-corrected chi connectivity index (χ4v) is 3.46. The van der Waals surface area contributed by atoms with E-state index < -0.39 is 59.3 Å². The molecular formula is C13H7F4NO6S. The van der Waals surface area contributed by atoms with Gasteiger partial charge in [0, 0.05) is 12.1 Å². The van der Waals surface area contributed by atoms with Crippen molar-refractivity contribution < 1.29 is 41.1 Å². The second-order valence-electron chi connectivity index (χ2n) is 4.71. The van der Waals surface area contributed by atoms with Gasteiger partial charge in [0.05, 0.1) is 20.3 Å². The third-order valence-electron chi connectivity index (χ3n) is 3.09. The maximum Gasteiger partial charge on any atom is 0.417 e. The van der Waals surface area contributed by atoms with Gasteiger partial charge in [0.1, 0.15) is 5.82 Å². The highest BCUT2D eigenvalue weighted by atomic mass is 32.2. The molecule has 0 aliphatic carbocycles. The minimum atomic E-state index is -5.23. The highest BCUT2D eigenvalue weighted by molar-refractivity contribution is 7.91. The number of hydrogen-bond acceptors (Lipinski definition) is 6. The number of rotatable bonds is 3. The summed E-state index contributed by atoms with van der Waals surface area (Å²) in [4.78, 5) is 7.10. The van der Waals surface area contributed by atoms with Crippen LogP contribution in [0.2, 0.25) is 0 Å². The van der Waals surface area contributed by atoms with Crippen molar-refractivity contribution in [3.05, 3.63) is 51.8 Å². The van der Waals surface area contributed by atoms with E-state index in [0.717, 1.165) is 0 Å². The first-order valence-electron chi connectivity index (χ1n) is 6.18. The van der Waals surface area contributed by atoms with Gasteiger partial charge in [-0.2, -0.15) is 13.2 Å². The average Bonchev–Trinajstić information content (AvgIpc) is 2.48. The lowest BCUT2D eigenvalue weighted by Gasteiger charge is -2.14. The largest absolute Gasteiger partial charge is 0.504 e. The van der Waals surface area contributed by atoms with Crippen LogP contribution in [-0.2, 0) is 16.0 Å². The van der Waals surface area contributed by atoms with E-state index in [1.807, 2.05) is 0 Å². The van der Waals surface area contributed by atoms with Gasteiger partial charge in [-0.3, -0.25) is 10.1 Å². The first-order valence-corrected chi connectivity index (χ1v) is 7.66. The van der Waals surface area contributed by atoms with Gasteiger partial charge >= 0.3 is 11.9 Å². The first kappa shape index (κ1) is 18.4. The summed E-state index contributed by atoms with van der Waals surface area (Å²) >= 11 is 0. The summed E-state index contributed by atoms with van der Waals surface area (Å²) in [6.07, 6.45) is -5.23. The Hall–Kier alpha value is -2.89. The molecule has 2 N–H and O–H groups in total. The third kappa shape index (κ3) is 3.33. The van der Waals surface area contributed by atoms with Crippen LogP contribution in [0.25, 0.3) is 0 Å². The number of nitro benzene ring substituents is 1. The molecule has 0 bridgehead atoms. The molecule has 7 nitrogen and oxygen atoms in total. The van der Waals surface area contributed by atoms with Crippen LogP contribution < -0.4 is 0 Å². The van der Waals surface area contributed by atoms with E-state index >= 15 is 0 Å². The number of aromatic hydroxyl groups is 2. The van der Waals surface area contributed by atoms with Gasteiger partial charge in [-0.25, -0.2) is 12.8 Å². The monoisotopic (exact) mass is 381 g/mol. The highest BCUT2D eigenvalue weighted by Gasteiger charge is 2.39. The van der Waals surface area contributed by atoms with Crippen LogP contribution in [-0.4, -0.2) is 23.6 Å². The second kappa shape index (κ2) is 5.88. The number of nitrogens with zero attached hydrogens (tertiary/aromatic N) is 1. The lowest BCUT2D eigenvalue weighted by atomic mass is 10.2. The lowest BCUT2D eigenvalue weighted by molar-refractivity contribution is -0.386. The molecule has 2 aromatic rings. The molecule has 25 heavy (non-hydrogen) atoms. The topological polar surface area (TPSA) is 118 Å². The number of nitro groups is 1. The van der Waals surface area contributed by atoms with Gasteiger partial charge in [0.15, 0.2) is 5.75 Å². The number of hydrogen-bond donors (Lipinski definition) is 2. The minimum absolute atomic E-state index is 0.0401. The number of benzene rings is 2. The van der Waals surface area contributed by atoms with Gasteiger partial charge in [0.2, 0.25) is 15.6 Å². The predicted molar refractivity (Wildman–Crippen MR) is 73.3 cm³/mol. The molecule has 0 saturated carbocycles. The summed E-state index contributed by atoms with van der Waals surface area (Å²) < 4.78 is 76.9. The van der Waals surface area contributed by atoms with Gasteiger partial charge in [-0.1, -0.05) is 0 Å². The fourth-order valence-electron chi connectivity index (χ4n) is 1.96. The van der Waals surface area contributed by atoms with Crippen molar-refractivity contribution in [2.45, 2.75) is 16.0 Å². The van der Waals surface area contributed by atoms with E-state index in [4.69, 9.17) is 0 Å². The number of phenols is 2. The van der Waals surface area contributed by atoms with Crippen LogP contribution in [0.3, 0.4) is 0 Å². The maximum absolute atomic E-state index is 13.1. The van der Waals surface area contributed by atoms with Crippen LogP contribution in [0.4, 0.5) is 23.2 Å². The molecule has 134 valence electrons.